The first kappa shape index (κ1) is 19.9. The third kappa shape index (κ3) is 3.86. The molecule has 1 unspecified atom stereocenters. The van der Waals surface area contributed by atoms with Gasteiger partial charge in [0.25, 0.3) is 0 Å². The molecule has 0 radical (unpaired) electrons. The summed E-state index contributed by atoms with van der Waals surface area (Å²) < 4.78 is 1.70. The molecule has 1 aliphatic rings. The topological polar surface area (TPSA) is 97.1 Å². The van der Waals surface area contributed by atoms with Gasteiger partial charge in [-0.1, -0.05) is 54.2 Å². The van der Waals surface area contributed by atoms with Crippen LogP contribution in [0.4, 0.5) is 5.95 Å². The van der Waals surface area contributed by atoms with Gasteiger partial charge in [0, 0.05) is 17.0 Å². The number of fused-ring (bicyclic) bond motifs is 1. The minimum atomic E-state index is -0.994. The molecule has 2 aromatic carbocycles. The number of thioether (sulfide) groups is 1. The Kier molecular flexibility index (Phi) is 5.41. The Labute approximate surface area is 177 Å². The lowest BCUT2D eigenvalue weighted by molar-refractivity contribution is -0.114. The quantitative estimate of drug-likeness (QED) is 0.578. The highest BCUT2D eigenvalue weighted by atomic mass is 32.2. The maximum Gasteiger partial charge on any atom is 0.335 e. The van der Waals surface area contributed by atoms with Crippen molar-refractivity contribution in [2.24, 2.45) is 0 Å². The van der Waals surface area contributed by atoms with Crippen LogP contribution in [0.1, 0.15) is 41.4 Å². The predicted octanol–water partition coefficient (Wildman–Crippen LogP) is 4.15. The number of benzene rings is 2. The fourth-order valence-corrected chi connectivity index (χ4v) is 4.27. The highest BCUT2D eigenvalue weighted by Gasteiger charge is 2.32. The normalized spacial score (nSPS) is 15.5. The van der Waals surface area contributed by atoms with E-state index in [9.17, 15) is 14.7 Å². The summed E-state index contributed by atoms with van der Waals surface area (Å²) in [6.45, 7) is 3.36. The lowest BCUT2D eigenvalue weighted by Gasteiger charge is -2.28. The zero-order valence-electron chi connectivity index (χ0n) is 16.5. The third-order valence-electron chi connectivity index (χ3n) is 4.90. The zero-order chi connectivity index (χ0) is 21.3. The molecule has 1 aromatic heterocycles. The van der Waals surface area contributed by atoms with Crippen molar-refractivity contribution in [3.8, 4) is 0 Å². The van der Waals surface area contributed by atoms with Gasteiger partial charge in [-0.3, -0.25) is 4.79 Å². The van der Waals surface area contributed by atoms with Crippen LogP contribution >= 0.6 is 11.8 Å². The third-order valence-corrected chi connectivity index (χ3v) is 5.81. The standard InChI is InChI=1S/C22H20N4O3S/c1-13-18(14(2)27)19(16-8-10-17(11-9-16)20(28)29)26-21(23-13)24-22(25-26)30-12-15-6-4-3-5-7-15/h3-11,19H,12H2,1-2H3,(H,28,29)(H,23,24,25). The van der Waals surface area contributed by atoms with Crippen LogP contribution in [0.3, 0.4) is 0 Å². The zero-order valence-corrected chi connectivity index (χ0v) is 17.3. The van der Waals surface area contributed by atoms with Crippen molar-refractivity contribution >= 4 is 29.5 Å². The van der Waals surface area contributed by atoms with E-state index in [0.29, 0.717) is 22.4 Å². The van der Waals surface area contributed by atoms with E-state index in [1.807, 2.05) is 37.3 Å². The molecule has 0 aliphatic carbocycles. The van der Waals surface area contributed by atoms with Crippen molar-refractivity contribution in [2.75, 3.05) is 5.32 Å². The Bertz CT molecular complexity index is 1140. The molecule has 3 aromatic rings. The summed E-state index contributed by atoms with van der Waals surface area (Å²) in [5.41, 5.74) is 3.43. The molecular weight excluding hydrogens is 400 g/mol. The molecule has 0 fully saturated rings. The Hall–Kier alpha value is -3.39. The van der Waals surface area contributed by atoms with Gasteiger partial charge >= 0.3 is 5.97 Å². The number of carboxylic acids is 1. The second kappa shape index (κ2) is 8.16. The van der Waals surface area contributed by atoms with Gasteiger partial charge in [0.15, 0.2) is 5.78 Å². The number of aromatic nitrogens is 3. The average molecular weight is 420 g/mol. The molecule has 30 heavy (non-hydrogen) atoms. The van der Waals surface area contributed by atoms with Gasteiger partial charge in [-0.15, -0.1) is 5.10 Å². The SMILES string of the molecule is CC(=O)C1=C(C)Nc2nc(SCc3ccccc3)nn2C1c1ccc(C(=O)O)cc1. The van der Waals surface area contributed by atoms with Crippen LogP contribution in [0.25, 0.3) is 0 Å². The van der Waals surface area contributed by atoms with Gasteiger partial charge in [0.1, 0.15) is 6.04 Å². The number of rotatable bonds is 6. The fourth-order valence-electron chi connectivity index (χ4n) is 3.49. The van der Waals surface area contributed by atoms with Crippen molar-refractivity contribution in [3.05, 3.63) is 82.6 Å². The Morgan fingerprint density at radius 2 is 1.83 bits per heavy atom. The molecule has 1 aliphatic heterocycles. The van der Waals surface area contributed by atoms with E-state index in [1.54, 1.807) is 16.8 Å². The highest BCUT2D eigenvalue weighted by molar-refractivity contribution is 7.98. The van der Waals surface area contributed by atoms with E-state index >= 15 is 0 Å². The molecule has 0 bridgehead atoms. The maximum absolute atomic E-state index is 12.4. The summed E-state index contributed by atoms with van der Waals surface area (Å²) in [4.78, 5) is 28.2. The summed E-state index contributed by atoms with van der Waals surface area (Å²) >= 11 is 1.52. The first-order chi connectivity index (χ1) is 14.4. The maximum atomic E-state index is 12.4. The number of aromatic carboxylic acids is 1. The van der Waals surface area contributed by atoms with Gasteiger partial charge < -0.3 is 10.4 Å². The first-order valence-corrected chi connectivity index (χ1v) is 10.4. The number of nitrogens with one attached hydrogen (secondary N) is 1. The Balaban J connectivity index is 1.70. The number of ketones is 1. The van der Waals surface area contributed by atoms with Crippen LogP contribution < -0.4 is 5.32 Å². The minimum Gasteiger partial charge on any atom is -0.478 e. The summed E-state index contributed by atoms with van der Waals surface area (Å²) in [5.74, 6) is 0.215. The molecule has 1 atom stereocenters. The smallest absolute Gasteiger partial charge is 0.335 e. The molecule has 0 saturated carbocycles. The van der Waals surface area contributed by atoms with E-state index < -0.39 is 12.0 Å². The molecule has 7 nitrogen and oxygen atoms in total. The van der Waals surface area contributed by atoms with E-state index in [-0.39, 0.29) is 11.3 Å². The number of hydrogen-bond acceptors (Lipinski definition) is 6. The lowest BCUT2D eigenvalue weighted by Crippen LogP contribution is -2.27. The van der Waals surface area contributed by atoms with Gasteiger partial charge in [-0.2, -0.15) is 4.98 Å². The number of hydrogen-bond donors (Lipinski definition) is 2. The number of nitrogens with zero attached hydrogens (tertiary/aromatic N) is 3. The molecule has 2 N–H and O–H groups in total. The molecule has 4 rings (SSSR count). The van der Waals surface area contributed by atoms with Crippen LogP contribution in [0, 0.1) is 0 Å². The van der Waals surface area contributed by atoms with Crippen LogP contribution in [-0.4, -0.2) is 31.6 Å². The molecular formula is C22H20N4O3S. The molecule has 2 heterocycles. The second-order valence-electron chi connectivity index (χ2n) is 6.99. The second-order valence-corrected chi connectivity index (χ2v) is 7.93. The summed E-state index contributed by atoms with van der Waals surface area (Å²) in [6, 6.07) is 16.1. The molecule has 0 spiro atoms. The number of carbonyl (C=O) groups is 2. The average Bonchev–Trinajstić information content (AvgIpc) is 3.14. The van der Waals surface area contributed by atoms with Gasteiger partial charge in [-0.25, -0.2) is 9.48 Å². The number of anilines is 1. The van der Waals surface area contributed by atoms with Crippen LogP contribution in [0.15, 0.2) is 71.0 Å². The molecule has 8 heteroatoms. The molecule has 0 saturated heterocycles. The van der Waals surface area contributed by atoms with E-state index in [2.05, 4.69) is 15.4 Å². The van der Waals surface area contributed by atoms with Crippen LogP contribution in [-0.2, 0) is 10.5 Å². The summed E-state index contributed by atoms with van der Waals surface area (Å²) in [6.07, 6.45) is 0. The summed E-state index contributed by atoms with van der Waals surface area (Å²) in [5, 5.41) is 17.6. The number of carboxylic acid groups (broad SMARTS) is 1. The minimum absolute atomic E-state index is 0.0769. The van der Waals surface area contributed by atoms with Gasteiger partial charge in [0.2, 0.25) is 11.1 Å². The number of allylic oxidation sites excluding steroid dienone is 2. The van der Waals surface area contributed by atoms with Crippen LogP contribution in [0.2, 0.25) is 0 Å². The van der Waals surface area contributed by atoms with Crippen LogP contribution in [0.5, 0.6) is 0 Å². The van der Waals surface area contributed by atoms with Crippen molar-refractivity contribution < 1.29 is 14.7 Å². The van der Waals surface area contributed by atoms with E-state index in [4.69, 9.17) is 0 Å². The summed E-state index contributed by atoms with van der Waals surface area (Å²) in [7, 11) is 0. The Morgan fingerprint density at radius 3 is 2.47 bits per heavy atom. The van der Waals surface area contributed by atoms with E-state index in [1.165, 1.54) is 36.4 Å². The number of carbonyl (C=O) groups excluding carboxylic acids is 1. The highest BCUT2D eigenvalue weighted by Crippen LogP contribution is 2.36. The van der Waals surface area contributed by atoms with E-state index in [0.717, 1.165) is 11.3 Å². The van der Waals surface area contributed by atoms with Crippen molar-refractivity contribution in [1.29, 1.82) is 0 Å². The van der Waals surface area contributed by atoms with Gasteiger partial charge in [0.05, 0.1) is 5.56 Å². The monoisotopic (exact) mass is 420 g/mol. The predicted molar refractivity (Wildman–Crippen MR) is 115 cm³/mol. The molecule has 152 valence electrons. The Morgan fingerprint density at radius 1 is 1.13 bits per heavy atom. The molecule has 0 amide bonds. The van der Waals surface area contributed by atoms with Crippen molar-refractivity contribution in [3.63, 3.8) is 0 Å². The number of Topliss-reactive ketones (excluding diaryl/α,β-unsaturated/α-hetero) is 1. The van der Waals surface area contributed by atoms with Crippen molar-refractivity contribution in [1.82, 2.24) is 14.8 Å². The largest absolute Gasteiger partial charge is 0.478 e. The van der Waals surface area contributed by atoms with Crippen molar-refractivity contribution in [2.45, 2.75) is 30.8 Å². The fraction of sp³-hybridized carbons (Fsp3) is 0.182. The lowest BCUT2D eigenvalue weighted by atomic mass is 9.93. The first-order valence-electron chi connectivity index (χ1n) is 9.39. The van der Waals surface area contributed by atoms with Gasteiger partial charge in [-0.05, 0) is 37.1 Å².